The second kappa shape index (κ2) is 3.83. The average molecular weight is 199 g/mol. The summed E-state index contributed by atoms with van der Waals surface area (Å²) in [5.41, 5.74) is 0.380. The molecule has 1 aromatic rings. The molecule has 1 heterocycles. The highest BCUT2D eigenvalue weighted by atomic mass is 31.2. The molecule has 1 rings (SSSR count). The zero-order chi connectivity index (χ0) is 9.90. The van der Waals surface area contributed by atoms with E-state index in [2.05, 4.69) is 11.6 Å². The standard InChI is InChI=1S/C8H10NO3P/c1-2-4-7-8(13(10,11)12)5-3-6-9-7/h2-3,5-6H,1,4H2,(H2,10,11,12). The predicted molar refractivity (Wildman–Crippen MR) is 49.8 cm³/mol. The second-order valence-electron chi connectivity index (χ2n) is 2.51. The van der Waals surface area contributed by atoms with E-state index in [0.717, 1.165) is 0 Å². The Morgan fingerprint density at radius 3 is 2.85 bits per heavy atom. The highest BCUT2D eigenvalue weighted by molar-refractivity contribution is 7.60. The van der Waals surface area contributed by atoms with Crippen molar-refractivity contribution in [1.29, 1.82) is 0 Å². The van der Waals surface area contributed by atoms with E-state index >= 15 is 0 Å². The lowest BCUT2D eigenvalue weighted by molar-refractivity contribution is 0.387. The van der Waals surface area contributed by atoms with Gasteiger partial charge in [0.2, 0.25) is 0 Å². The van der Waals surface area contributed by atoms with E-state index in [0.29, 0.717) is 12.1 Å². The van der Waals surface area contributed by atoms with Crippen molar-refractivity contribution in [1.82, 2.24) is 4.98 Å². The molecule has 0 saturated heterocycles. The predicted octanol–water partition coefficient (Wildman–Crippen LogP) is 0.613. The van der Waals surface area contributed by atoms with Gasteiger partial charge in [-0.15, -0.1) is 6.58 Å². The Kier molecular flexibility index (Phi) is 2.98. The molecule has 0 atom stereocenters. The molecular weight excluding hydrogens is 189 g/mol. The van der Waals surface area contributed by atoms with Gasteiger partial charge in [0.25, 0.3) is 0 Å². The van der Waals surface area contributed by atoms with Gasteiger partial charge in [-0.25, -0.2) is 0 Å². The fourth-order valence-corrected chi connectivity index (χ4v) is 1.75. The van der Waals surface area contributed by atoms with E-state index in [-0.39, 0.29) is 5.30 Å². The van der Waals surface area contributed by atoms with E-state index < -0.39 is 7.60 Å². The quantitative estimate of drug-likeness (QED) is 0.552. The van der Waals surface area contributed by atoms with Crippen LogP contribution in [0.25, 0.3) is 0 Å². The number of pyridine rings is 1. The minimum Gasteiger partial charge on any atom is -0.321 e. The maximum Gasteiger partial charge on any atom is 0.358 e. The summed E-state index contributed by atoms with van der Waals surface area (Å²) in [7, 11) is -4.20. The lowest BCUT2D eigenvalue weighted by Crippen LogP contribution is -2.12. The van der Waals surface area contributed by atoms with Crippen molar-refractivity contribution in [3.8, 4) is 0 Å². The van der Waals surface area contributed by atoms with Gasteiger partial charge >= 0.3 is 7.60 Å². The largest absolute Gasteiger partial charge is 0.358 e. The monoisotopic (exact) mass is 199 g/mol. The smallest absolute Gasteiger partial charge is 0.321 e. The van der Waals surface area contributed by atoms with Crippen LogP contribution in [-0.2, 0) is 11.0 Å². The van der Waals surface area contributed by atoms with Crippen molar-refractivity contribution >= 4 is 12.9 Å². The summed E-state index contributed by atoms with van der Waals surface area (Å²) in [5, 5.41) is -0.0186. The first-order chi connectivity index (χ1) is 6.05. The molecule has 1 aromatic heterocycles. The van der Waals surface area contributed by atoms with Crippen LogP contribution in [0.5, 0.6) is 0 Å². The number of aromatic nitrogens is 1. The van der Waals surface area contributed by atoms with E-state index in [1.807, 2.05) is 0 Å². The first-order valence-corrected chi connectivity index (χ1v) is 5.28. The molecule has 2 N–H and O–H groups in total. The third kappa shape index (κ3) is 2.49. The van der Waals surface area contributed by atoms with Crippen LogP contribution in [0.2, 0.25) is 0 Å². The number of allylic oxidation sites excluding steroid dienone is 1. The van der Waals surface area contributed by atoms with Gasteiger partial charge in [0.05, 0.1) is 11.0 Å². The van der Waals surface area contributed by atoms with Gasteiger partial charge in [-0.2, -0.15) is 0 Å². The third-order valence-corrected chi connectivity index (χ3v) is 2.55. The van der Waals surface area contributed by atoms with E-state index in [4.69, 9.17) is 9.79 Å². The van der Waals surface area contributed by atoms with Crippen LogP contribution in [0, 0.1) is 0 Å². The molecule has 0 fully saturated rings. The average Bonchev–Trinajstić information content (AvgIpc) is 2.04. The summed E-state index contributed by atoms with van der Waals surface area (Å²) >= 11 is 0. The maximum absolute atomic E-state index is 10.9. The minimum absolute atomic E-state index is 0.0186. The second-order valence-corrected chi connectivity index (χ2v) is 4.08. The highest BCUT2D eigenvalue weighted by Gasteiger charge is 2.20. The van der Waals surface area contributed by atoms with E-state index in [1.165, 1.54) is 18.3 Å². The zero-order valence-corrected chi connectivity index (χ0v) is 7.82. The van der Waals surface area contributed by atoms with Gasteiger partial charge in [0.15, 0.2) is 0 Å². The van der Waals surface area contributed by atoms with Gasteiger partial charge in [-0.05, 0) is 12.1 Å². The van der Waals surface area contributed by atoms with Gasteiger partial charge in [-0.3, -0.25) is 9.55 Å². The van der Waals surface area contributed by atoms with Crippen LogP contribution in [0.3, 0.4) is 0 Å². The van der Waals surface area contributed by atoms with Gasteiger partial charge < -0.3 is 9.79 Å². The minimum atomic E-state index is -4.20. The first-order valence-electron chi connectivity index (χ1n) is 3.66. The molecular formula is C8H10NO3P. The Morgan fingerprint density at radius 2 is 2.31 bits per heavy atom. The Balaban J connectivity index is 3.19. The molecule has 4 nitrogen and oxygen atoms in total. The summed E-state index contributed by atoms with van der Waals surface area (Å²) in [5.74, 6) is 0. The SMILES string of the molecule is C=CCc1ncccc1P(=O)(O)O. The molecule has 70 valence electrons. The van der Waals surface area contributed by atoms with Crippen LogP contribution in [0.4, 0.5) is 0 Å². The van der Waals surface area contributed by atoms with Crippen molar-refractivity contribution in [2.75, 3.05) is 0 Å². The van der Waals surface area contributed by atoms with E-state index in [9.17, 15) is 4.57 Å². The lowest BCUT2D eigenvalue weighted by atomic mass is 10.3. The number of rotatable bonds is 3. The van der Waals surface area contributed by atoms with Crippen LogP contribution in [0.15, 0.2) is 31.0 Å². The van der Waals surface area contributed by atoms with Gasteiger partial charge in [-0.1, -0.05) is 6.08 Å². The summed E-state index contributed by atoms with van der Waals surface area (Å²) in [4.78, 5) is 21.7. The molecule has 0 unspecified atom stereocenters. The Labute approximate surface area is 76.1 Å². The maximum atomic E-state index is 10.9. The molecule has 0 saturated carbocycles. The lowest BCUT2D eigenvalue weighted by Gasteiger charge is -2.07. The van der Waals surface area contributed by atoms with Crippen molar-refractivity contribution in [2.24, 2.45) is 0 Å². The number of hydrogen-bond donors (Lipinski definition) is 2. The molecule has 0 aliphatic rings. The molecule has 0 aromatic carbocycles. The van der Waals surface area contributed by atoms with Gasteiger partial charge in [0.1, 0.15) is 0 Å². The summed E-state index contributed by atoms with van der Waals surface area (Å²) in [6.07, 6.45) is 3.42. The van der Waals surface area contributed by atoms with Crippen molar-refractivity contribution < 1.29 is 14.4 Å². The summed E-state index contributed by atoms with van der Waals surface area (Å²) in [6.45, 7) is 3.49. The first kappa shape index (κ1) is 10.1. The zero-order valence-electron chi connectivity index (χ0n) is 6.92. The van der Waals surface area contributed by atoms with Crippen LogP contribution in [0.1, 0.15) is 5.69 Å². The van der Waals surface area contributed by atoms with E-state index in [1.54, 1.807) is 6.08 Å². The molecule has 5 heteroatoms. The van der Waals surface area contributed by atoms with Crippen LogP contribution < -0.4 is 5.30 Å². The topological polar surface area (TPSA) is 70.4 Å². The van der Waals surface area contributed by atoms with Crippen molar-refractivity contribution in [2.45, 2.75) is 6.42 Å². The summed E-state index contributed by atoms with van der Waals surface area (Å²) < 4.78 is 10.9. The highest BCUT2D eigenvalue weighted by Crippen LogP contribution is 2.33. The molecule has 0 spiro atoms. The molecule has 13 heavy (non-hydrogen) atoms. The molecule has 0 bridgehead atoms. The normalized spacial score (nSPS) is 11.2. The fourth-order valence-electron chi connectivity index (χ4n) is 0.989. The fraction of sp³-hybridized carbons (Fsp3) is 0.125. The van der Waals surface area contributed by atoms with Gasteiger partial charge in [0, 0.05) is 12.6 Å². The van der Waals surface area contributed by atoms with Crippen LogP contribution >= 0.6 is 7.60 Å². The van der Waals surface area contributed by atoms with Crippen molar-refractivity contribution in [3.63, 3.8) is 0 Å². The van der Waals surface area contributed by atoms with Crippen LogP contribution in [-0.4, -0.2) is 14.8 Å². The Hall–Kier alpha value is -0.960. The number of nitrogens with zero attached hydrogens (tertiary/aromatic N) is 1. The summed E-state index contributed by atoms with van der Waals surface area (Å²) in [6, 6.07) is 2.88. The van der Waals surface area contributed by atoms with Crippen molar-refractivity contribution in [3.05, 3.63) is 36.7 Å². The third-order valence-electron chi connectivity index (χ3n) is 1.52. The Bertz CT molecular complexity index is 358. The molecule has 0 radical (unpaired) electrons. The molecule has 0 amide bonds. The Morgan fingerprint density at radius 1 is 1.62 bits per heavy atom. The number of hydrogen-bond acceptors (Lipinski definition) is 2. The molecule has 0 aliphatic carbocycles. The molecule has 0 aliphatic heterocycles.